The van der Waals surface area contributed by atoms with E-state index in [4.69, 9.17) is 10.9 Å². The Hall–Kier alpha value is -1.44. The molecule has 0 aromatic heterocycles. The highest BCUT2D eigenvalue weighted by atomic mass is 32.2. The molecule has 0 bridgehead atoms. The summed E-state index contributed by atoms with van der Waals surface area (Å²) in [6, 6.07) is 4.60. The third-order valence-electron chi connectivity index (χ3n) is 3.26. The van der Waals surface area contributed by atoms with Gasteiger partial charge < -0.3 is 11.1 Å². The van der Waals surface area contributed by atoms with E-state index in [1.54, 1.807) is 19.1 Å². The summed E-state index contributed by atoms with van der Waals surface area (Å²) >= 11 is 0. The molecule has 1 aromatic carbocycles. The molecule has 118 valence electrons. The van der Waals surface area contributed by atoms with Gasteiger partial charge in [0, 0.05) is 12.2 Å². The summed E-state index contributed by atoms with van der Waals surface area (Å²) in [5.41, 5.74) is 6.50. The second-order valence-corrected chi connectivity index (χ2v) is 7.05. The fourth-order valence-corrected chi connectivity index (χ4v) is 2.98. The summed E-state index contributed by atoms with van der Waals surface area (Å²) in [4.78, 5) is 12.2. The summed E-state index contributed by atoms with van der Waals surface area (Å²) in [6.07, 6.45) is 0.677. The molecule has 1 unspecified atom stereocenters. The maximum absolute atomic E-state index is 12.2. The second-order valence-electron chi connectivity index (χ2n) is 5.53. The molecule has 1 atom stereocenters. The summed E-state index contributed by atoms with van der Waals surface area (Å²) < 4.78 is 22.9. The van der Waals surface area contributed by atoms with Gasteiger partial charge in [0.15, 0.2) is 0 Å². The van der Waals surface area contributed by atoms with Gasteiger partial charge in [-0.1, -0.05) is 19.9 Å². The van der Waals surface area contributed by atoms with Gasteiger partial charge in [0.1, 0.15) is 0 Å². The second kappa shape index (κ2) is 7.02. The van der Waals surface area contributed by atoms with E-state index in [0.29, 0.717) is 23.6 Å². The van der Waals surface area contributed by atoms with Gasteiger partial charge in [-0.15, -0.1) is 0 Å². The number of rotatable bonds is 6. The number of anilines is 1. The van der Waals surface area contributed by atoms with Crippen molar-refractivity contribution in [2.75, 3.05) is 11.9 Å². The number of hydrogen-bond donors (Lipinski definition) is 3. The topological polar surface area (TPSA) is 115 Å². The van der Waals surface area contributed by atoms with Gasteiger partial charge in [0.2, 0.25) is 15.9 Å². The lowest BCUT2D eigenvalue weighted by molar-refractivity contribution is -0.120. The zero-order valence-electron chi connectivity index (χ0n) is 12.6. The first kappa shape index (κ1) is 17.6. The average molecular weight is 313 g/mol. The van der Waals surface area contributed by atoms with Crippen molar-refractivity contribution < 1.29 is 13.2 Å². The number of sulfonamides is 1. The number of hydrogen-bond acceptors (Lipinski definition) is 4. The van der Waals surface area contributed by atoms with Crippen LogP contribution >= 0.6 is 0 Å². The number of nitrogens with two attached hydrogens (primary N) is 2. The SMILES string of the molecule is Cc1c(NC(=O)C(CN)CC(C)C)cccc1S(N)(=O)=O. The Morgan fingerprint density at radius 1 is 1.33 bits per heavy atom. The zero-order valence-corrected chi connectivity index (χ0v) is 13.4. The molecule has 6 nitrogen and oxygen atoms in total. The van der Waals surface area contributed by atoms with Crippen LogP contribution in [0.5, 0.6) is 0 Å². The largest absolute Gasteiger partial charge is 0.330 e. The van der Waals surface area contributed by atoms with Gasteiger partial charge in [-0.3, -0.25) is 4.79 Å². The normalized spacial score (nSPS) is 13.2. The quantitative estimate of drug-likeness (QED) is 0.732. The Kier molecular flexibility index (Phi) is 5.88. The Bertz CT molecular complexity index is 612. The minimum atomic E-state index is -3.81. The first-order valence-corrected chi connectivity index (χ1v) is 8.34. The Morgan fingerprint density at radius 2 is 1.95 bits per heavy atom. The van der Waals surface area contributed by atoms with Crippen LogP contribution in [0.3, 0.4) is 0 Å². The van der Waals surface area contributed by atoms with Gasteiger partial charge in [-0.25, -0.2) is 13.6 Å². The van der Waals surface area contributed by atoms with Crippen molar-refractivity contribution in [3.05, 3.63) is 23.8 Å². The van der Waals surface area contributed by atoms with E-state index in [2.05, 4.69) is 5.32 Å². The molecule has 0 radical (unpaired) electrons. The highest BCUT2D eigenvalue weighted by molar-refractivity contribution is 7.89. The van der Waals surface area contributed by atoms with Gasteiger partial charge in [-0.05, 0) is 37.0 Å². The van der Waals surface area contributed by atoms with Crippen LogP contribution in [0, 0.1) is 18.8 Å². The Morgan fingerprint density at radius 3 is 2.43 bits per heavy atom. The van der Waals surface area contributed by atoms with Crippen LogP contribution in [0.1, 0.15) is 25.8 Å². The predicted molar refractivity (Wildman–Crippen MR) is 83.2 cm³/mol. The molecule has 5 N–H and O–H groups in total. The average Bonchev–Trinajstić information content (AvgIpc) is 2.36. The molecule has 1 amide bonds. The van der Waals surface area contributed by atoms with E-state index >= 15 is 0 Å². The van der Waals surface area contributed by atoms with Crippen molar-refractivity contribution in [3.8, 4) is 0 Å². The third kappa shape index (κ3) is 4.80. The molecule has 0 spiro atoms. The van der Waals surface area contributed by atoms with E-state index in [1.807, 2.05) is 13.8 Å². The highest BCUT2D eigenvalue weighted by Gasteiger charge is 2.20. The summed E-state index contributed by atoms with van der Waals surface area (Å²) in [5, 5.41) is 7.89. The van der Waals surface area contributed by atoms with Gasteiger partial charge in [0.25, 0.3) is 0 Å². The summed E-state index contributed by atoms with van der Waals surface area (Å²) in [5.74, 6) is -0.162. The Labute approximate surface area is 126 Å². The van der Waals surface area contributed by atoms with Gasteiger partial charge >= 0.3 is 0 Å². The number of benzene rings is 1. The number of nitrogens with one attached hydrogen (secondary N) is 1. The van der Waals surface area contributed by atoms with Crippen molar-refractivity contribution in [1.82, 2.24) is 0 Å². The van der Waals surface area contributed by atoms with E-state index < -0.39 is 10.0 Å². The molecule has 0 aliphatic carbocycles. The highest BCUT2D eigenvalue weighted by Crippen LogP contribution is 2.23. The van der Waals surface area contributed by atoms with Gasteiger partial charge in [-0.2, -0.15) is 0 Å². The molecule has 0 saturated carbocycles. The Balaban J connectivity index is 3.01. The van der Waals surface area contributed by atoms with Crippen LogP contribution < -0.4 is 16.2 Å². The first-order valence-electron chi connectivity index (χ1n) is 6.80. The lowest BCUT2D eigenvalue weighted by Gasteiger charge is -2.18. The zero-order chi connectivity index (χ0) is 16.2. The molecule has 0 heterocycles. The smallest absolute Gasteiger partial charge is 0.238 e. The van der Waals surface area contributed by atoms with Crippen molar-refractivity contribution >= 4 is 21.6 Å². The van der Waals surface area contributed by atoms with Crippen LogP contribution in [0.15, 0.2) is 23.1 Å². The molecular weight excluding hydrogens is 290 g/mol. The summed E-state index contributed by atoms with van der Waals surface area (Å²) in [7, 11) is -3.81. The molecule has 0 aliphatic rings. The fourth-order valence-electron chi connectivity index (χ4n) is 2.17. The molecule has 1 rings (SSSR count). The molecule has 0 aliphatic heterocycles. The van der Waals surface area contributed by atoms with E-state index in [9.17, 15) is 13.2 Å². The minimum absolute atomic E-state index is 0.00783. The molecular formula is C14H23N3O3S. The van der Waals surface area contributed by atoms with Crippen molar-refractivity contribution in [1.29, 1.82) is 0 Å². The van der Waals surface area contributed by atoms with Crippen LogP contribution in [-0.2, 0) is 14.8 Å². The number of carbonyl (C=O) groups is 1. The monoisotopic (exact) mass is 313 g/mol. The maximum atomic E-state index is 12.2. The van der Waals surface area contributed by atoms with Crippen LogP contribution in [0.2, 0.25) is 0 Å². The summed E-state index contributed by atoms with van der Waals surface area (Å²) in [6.45, 7) is 5.89. The van der Waals surface area contributed by atoms with Crippen molar-refractivity contribution in [2.24, 2.45) is 22.7 Å². The lowest BCUT2D eigenvalue weighted by Crippen LogP contribution is -2.30. The molecule has 1 aromatic rings. The van der Waals surface area contributed by atoms with Crippen molar-refractivity contribution in [2.45, 2.75) is 32.1 Å². The minimum Gasteiger partial charge on any atom is -0.330 e. The molecule has 21 heavy (non-hydrogen) atoms. The van der Waals surface area contributed by atoms with Crippen LogP contribution in [0.25, 0.3) is 0 Å². The maximum Gasteiger partial charge on any atom is 0.238 e. The standard InChI is InChI=1S/C14H23N3O3S/c1-9(2)7-11(8-15)14(18)17-12-5-4-6-13(10(12)3)21(16,19)20/h4-6,9,11H,7-8,15H2,1-3H3,(H,17,18)(H2,16,19,20). The third-order valence-corrected chi connectivity index (χ3v) is 4.32. The molecule has 0 fully saturated rings. The van der Waals surface area contributed by atoms with Gasteiger partial charge in [0.05, 0.1) is 10.8 Å². The number of carbonyl (C=O) groups excluding carboxylic acids is 1. The van der Waals surface area contributed by atoms with E-state index in [-0.39, 0.29) is 23.3 Å². The lowest BCUT2D eigenvalue weighted by atomic mass is 9.96. The van der Waals surface area contributed by atoms with Crippen molar-refractivity contribution in [3.63, 3.8) is 0 Å². The first-order chi connectivity index (χ1) is 9.66. The molecule has 0 saturated heterocycles. The van der Waals surface area contributed by atoms with Crippen LogP contribution in [-0.4, -0.2) is 20.9 Å². The van der Waals surface area contributed by atoms with E-state index in [0.717, 1.165) is 0 Å². The van der Waals surface area contributed by atoms with Crippen LogP contribution in [0.4, 0.5) is 5.69 Å². The number of amides is 1. The van der Waals surface area contributed by atoms with E-state index in [1.165, 1.54) is 6.07 Å². The fraction of sp³-hybridized carbons (Fsp3) is 0.500. The predicted octanol–water partition coefficient (Wildman–Crippen LogP) is 1.20. The number of primary sulfonamides is 1. The molecule has 7 heteroatoms.